The highest BCUT2D eigenvalue weighted by Crippen LogP contribution is 2.27. The molecule has 0 spiro atoms. The van der Waals surface area contributed by atoms with E-state index in [-0.39, 0.29) is 0 Å². The first kappa shape index (κ1) is 15.0. The van der Waals surface area contributed by atoms with Gasteiger partial charge in [0.2, 0.25) is 0 Å². The Hall–Kier alpha value is -1.39. The van der Waals surface area contributed by atoms with Crippen molar-refractivity contribution in [2.45, 2.75) is 0 Å². The lowest BCUT2D eigenvalue weighted by Gasteiger charge is -2.12. The van der Waals surface area contributed by atoms with Gasteiger partial charge in [-0.25, -0.2) is 0 Å². The zero-order valence-corrected chi connectivity index (χ0v) is 13.4. The van der Waals surface area contributed by atoms with Gasteiger partial charge in [-0.2, -0.15) is 0 Å². The standard InChI is InChI=1S/C15H15BrClNO2/c1-19-14-4-2-3-5-15(14)20-9-8-18-13-7-6-11(17)10-12(13)16/h2-7,10,18H,8-9H2,1H3. The maximum absolute atomic E-state index is 5.90. The van der Waals surface area contributed by atoms with Crippen LogP contribution in [0.2, 0.25) is 5.02 Å². The number of nitrogens with one attached hydrogen (secondary N) is 1. The lowest BCUT2D eigenvalue weighted by molar-refractivity contribution is 0.306. The predicted molar refractivity (Wildman–Crippen MR) is 86.1 cm³/mol. The van der Waals surface area contributed by atoms with Gasteiger partial charge < -0.3 is 14.8 Å². The second-order valence-electron chi connectivity index (χ2n) is 4.05. The van der Waals surface area contributed by atoms with Crippen molar-refractivity contribution >= 4 is 33.2 Å². The van der Waals surface area contributed by atoms with Crippen LogP contribution in [-0.2, 0) is 0 Å². The summed E-state index contributed by atoms with van der Waals surface area (Å²) in [6.45, 7) is 1.22. The van der Waals surface area contributed by atoms with Crippen molar-refractivity contribution < 1.29 is 9.47 Å². The number of halogens is 2. The predicted octanol–water partition coefficient (Wildman–Crippen LogP) is 4.60. The molecule has 20 heavy (non-hydrogen) atoms. The maximum Gasteiger partial charge on any atom is 0.161 e. The average molecular weight is 357 g/mol. The first-order valence-corrected chi connectivity index (χ1v) is 7.32. The fraction of sp³-hybridized carbons (Fsp3) is 0.200. The van der Waals surface area contributed by atoms with Gasteiger partial charge in [-0.05, 0) is 46.3 Å². The van der Waals surface area contributed by atoms with Crippen LogP contribution in [0.15, 0.2) is 46.9 Å². The third-order valence-corrected chi connectivity index (χ3v) is 3.57. The first-order valence-electron chi connectivity index (χ1n) is 6.15. The van der Waals surface area contributed by atoms with E-state index in [4.69, 9.17) is 21.1 Å². The molecule has 0 aromatic heterocycles. The Balaban J connectivity index is 1.84. The molecule has 0 unspecified atom stereocenters. The molecule has 0 atom stereocenters. The Morgan fingerprint density at radius 1 is 1.15 bits per heavy atom. The van der Waals surface area contributed by atoms with Crippen LogP contribution < -0.4 is 14.8 Å². The van der Waals surface area contributed by atoms with Gasteiger partial charge in [0.05, 0.1) is 7.11 Å². The van der Waals surface area contributed by atoms with Crippen molar-refractivity contribution in [3.8, 4) is 11.5 Å². The molecular weight excluding hydrogens is 342 g/mol. The van der Waals surface area contributed by atoms with Crippen molar-refractivity contribution in [2.75, 3.05) is 25.6 Å². The third kappa shape index (κ3) is 4.05. The number of hydrogen-bond donors (Lipinski definition) is 1. The second-order valence-corrected chi connectivity index (χ2v) is 5.34. The van der Waals surface area contributed by atoms with E-state index in [2.05, 4.69) is 21.2 Å². The minimum absolute atomic E-state index is 0.537. The van der Waals surface area contributed by atoms with Crippen LogP contribution in [0.4, 0.5) is 5.69 Å². The zero-order chi connectivity index (χ0) is 14.4. The SMILES string of the molecule is COc1ccccc1OCCNc1ccc(Cl)cc1Br. The van der Waals surface area contributed by atoms with Crippen LogP contribution in [0.25, 0.3) is 0 Å². The minimum atomic E-state index is 0.537. The highest BCUT2D eigenvalue weighted by atomic mass is 79.9. The molecule has 0 saturated carbocycles. The van der Waals surface area contributed by atoms with Crippen molar-refractivity contribution in [3.05, 3.63) is 52.0 Å². The number of ether oxygens (including phenoxy) is 2. The third-order valence-electron chi connectivity index (χ3n) is 2.68. The van der Waals surface area contributed by atoms with Crippen LogP contribution in [-0.4, -0.2) is 20.3 Å². The first-order chi connectivity index (χ1) is 9.70. The second kappa shape index (κ2) is 7.41. The van der Waals surface area contributed by atoms with Crippen LogP contribution in [0.1, 0.15) is 0 Å². The summed E-state index contributed by atoms with van der Waals surface area (Å²) in [7, 11) is 1.63. The van der Waals surface area contributed by atoms with Crippen molar-refractivity contribution in [2.24, 2.45) is 0 Å². The largest absolute Gasteiger partial charge is 0.493 e. The van der Waals surface area contributed by atoms with E-state index in [1.807, 2.05) is 42.5 Å². The summed E-state index contributed by atoms with van der Waals surface area (Å²) in [5.41, 5.74) is 0.984. The fourth-order valence-electron chi connectivity index (χ4n) is 1.72. The molecule has 0 saturated heterocycles. The molecule has 0 aliphatic carbocycles. The van der Waals surface area contributed by atoms with Gasteiger partial charge in [0, 0.05) is 21.7 Å². The zero-order valence-electron chi connectivity index (χ0n) is 11.0. The number of para-hydroxylation sites is 2. The van der Waals surface area contributed by atoms with Gasteiger partial charge in [0.1, 0.15) is 6.61 Å². The Kier molecular flexibility index (Phi) is 5.56. The maximum atomic E-state index is 5.90. The van der Waals surface area contributed by atoms with Gasteiger partial charge in [-0.1, -0.05) is 23.7 Å². The molecule has 2 rings (SSSR count). The fourth-order valence-corrected chi connectivity index (χ4v) is 2.54. The summed E-state index contributed by atoms with van der Waals surface area (Å²) in [6, 6.07) is 13.2. The highest BCUT2D eigenvalue weighted by molar-refractivity contribution is 9.10. The minimum Gasteiger partial charge on any atom is -0.493 e. The molecule has 2 aromatic carbocycles. The molecule has 3 nitrogen and oxygen atoms in total. The molecule has 0 aliphatic rings. The van der Waals surface area contributed by atoms with E-state index in [0.29, 0.717) is 18.2 Å². The molecular formula is C15H15BrClNO2. The molecule has 106 valence electrons. The van der Waals surface area contributed by atoms with Crippen LogP contribution in [0, 0.1) is 0 Å². The molecule has 1 N–H and O–H groups in total. The molecule has 0 heterocycles. The lowest BCUT2D eigenvalue weighted by atomic mass is 10.3. The van der Waals surface area contributed by atoms with Crippen LogP contribution in [0.3, 0.4) is 0 Å². The summed E-state index contributed by atoms with van der Waals surface area (Å²) < 4.78 is 11.8. The summed E-state index contributed by atoms with van der Waals surface area (Å²) in [6.07, 6.45) is 0. The van der Waals surface area contributed by atoms with E-state index in [1.54, 1.807) is 7.11 Å². The number of anilines is 1. The summed E-state index contributed by atoms with van der Waals surface area (Å²) >= 11 is 9.35. The molecule has 0 aliphatic heterocycles. The number of methoxy groups -OCH3 is 1. The van der Waals surface area contributed by atoms with E-state index < -0.39 is 0 Å². The number of rotatable bonds is 6. The Morgan fingerprint density at radius 3 is 2.60 bits per heavy atom. The quantitative estimate of drug-likeness (QED) is 0.767. The van der Waals surface area contributed by atoms with Gasteiger partial charge >= 0.3 is 0 Å². The van der Waals surface area contributed by atoms with Crippen molar-refractivity contribution in [1.29, 1.82) is 0 Å². The number of hydrogen-bond acceptors (Lipinski definition) is 3. The van der Waals surface area contributed by atoms with E-state index in [0.717, 1.165) is 21.7 Å². The molecule has 0 radical (unpaired) electrons. The monoisotopic (exact) mass is 355 g/mol. The molecule has 5 heteroatoms. The molecule has 0 fully saturated rings. The molecule has 0 bridgehead atoms. The number of benzene rings is 2. The lowest BCUT2D eigenvalue weighted by Crippen LogP contribution is -2.12. The van der Waals surface area contributed by atoms with Gasteiger partial charge in [-0.15, -0.1) is 0 Å². The normalized spacial score (nSPS) is 10.2. The van der Waals surface area contributed by atoms with Crippen molar-refractivity contribution in [3.63, 3.8) is 0 Å². The van der Waals surface area contributed by atoms with Gasteiger partial charge in [0.25, 0.3) is 0 Å². The van der Waals surface area contributed by atoms with Gasteiger partial charge in [-0.3, -0.25) is 0 Å². The van der Waals surface area contributed by atoms with Gasteiger partial charge in [0.15, 0.2) is 11.5 Å². The van der Waals surface area contributed by atoms with Crippen molar-refractivity contribution in [1.82, 2.24) is 0 Å². The summed E-state index contributed by atoms with van der Waals surface area (Å²) in [5.74, 6) is 1.48. The van der Waals surface area contributed by atoms with Crippen LogP contribution in [0.5, 0.6) is 11.5 Å². The smallest absolute Gasteiger partial charge is 0.161 e. The Morgan fingerprint density at radius 2 is 1.90 bits per heavy atom. The van der Waals surface area contributed by atoms with Crippen LogP contribution >= 0.6 is 27.5 Å². The Bertz CT molecular complexity index is 578. The Labute approximate surface area is 132 Å². The van der Waals surface area contributed by atoms with E-state index >= 15 is 0 Å². The van der Waals surface area contributed by atoms with E-state index in [1.165, 1.54) is 0 Å². The molecule has 2 aromatic rings. The van der Waals surface area contributed by atoms with E-state index in [9.17, 15) is 0 Å². The topological polar surface area (TPSA) is 30.5 Å². The molecule has 0 amide bonds. The summed E-state index contributed by atoms with van der Waals surface area (Å²) in [4.78, 5) is 0. The average Bonchev–Trinajstić information content (AvgIpc) is 2.46. The summed E-state index contributed by atoms with van der Waals surface area (Å²) in [5, 5.41) is 3.98. The highest BCUT2D eigenvalue weighted by Gasteiger charge is 2.03.